The molecule has 2 atom stereocenters. The SMILES string of the molecule is NC1Cc2ccccc2C1Nc1cnnc2ccccc12. The summed E-state index contributed by atoms with van der Waals surface area (Å²) < 4.78 is 0. The van der Waals surface area contributed by atoms with Crippen LogP contribution in [0.3, 0.4) is 0 Å². The lowest BCUT2D eigenvalue weighted by molar-refractivity contribution is 0.626. The number of nitrogens with two attached hydrogens (primary N) is 1. The highest BCUT2D eigenvalue weighted by Gasteiger charge is 2.29. The largest absolute Gasteiger partial charge is 0.375 e. The molecule has 3 aromatic rings. The fourth-order valence-electron chi connectivity index (χ4n) is 3.10. The van der Waals surface area contributed by atoms with Gasteiger partial charge >= 0.3 is 0 Å². The Morgan fingerprint density at radius 2 is 1.86 bits per heavy atom. The highest BCUT2D eigenvalue weighted by molar-refractivity contribution is 5.90. The summed E-state index contributed by atoms with van der Waals surface area (Å²) in [7, 11) is 0. The molecular formula is C17H16N4. The van der Waals surface area contributed by atoms with Gasteiger partial charge in [-0.1, -0.05) is 42.5 Å². The van der Waals surface area contributed by atoms with Crippen LogP contribution in [0, 0.1) is 0 Å². The van der Waals surface area contributed by atoms with E-state index in [-0.39, 0.29) is 12.1 Å². The zero-order chi connectivity index (χ0) is 14.2. The standard InChI is InChI=1S/C17H16N4/c18-14-9-11-5-1-2-6-12(11)17(14)20-16-10-19-21-15-8-4-3-7-13(15)16/h1-8,10,14,17H,9,18H2,(H,20,21). The van der Waals surface area contributed by atoms with Crippen molar-refractivity contribution in [2.24, 2.45) is 5.73 Å². The third-order valence-electron chi connectivity index (χ3n) is 4.13. The van der Waals surface area contributed by atoms with Crippen LogP contribution >= 0.6 is 0 Å². The zero-order valence-corrected chi connectivity index (χ0v) is 11.5. The lowest BCUT2D eigenvalue weighted by atomic mass is 10.1. The molecule has 4 heteroatoms. The summed E-state index contributed by atoms with van der Waals surface area (Å²) in [5, 5.41) is 12.9. The first kappa shape index (κ1) is 12.3. The third kappa shape index (κ3) is 2.04. The number of nitrogens with one attached hydrogen (secondary N) is 1. The van der Waals surface area contributed by atoms with Gasteiger partial charge in [-0.05, 0) is 23.6 Å². The molecule has 0 aliphatic heterocycles. The summed E-state index contributed by atoms with van der Waals surface area (Å²) in [6.07, 6.45) is 2.68. The quantitative estimate of drug-likeness (QED) is 0.755. The van der Waals surface area contributed by atoms with Crippen molar-refractivity contribution in [1.82, 2.24) is 10.2 Å². The minimum Gasteiger partial charge on any atom is -0.375 e. The van der Waals surface area contributed by atoms with Crippen molar-refractivity contribution in [1.29, 1.82) is 0 Å². The first-order valence-corrected chi connectivity index (χ1v) is 7.13. The zero-order valence-electron chi connectivity index (χ0n) is 11.5. The molecule has 1 aromatic heterocycles. The first-order chi connectivity index (χ1) is 10.3. The maximum atomic E-state index is 6.32. The van der Waals surface area contributed by atoms with Gasteiger partial charge in [0.05, 0.1) is 23.4 Å². The number of anilines is 1. The van der Waals surface area contributed by atoms with Crippen LogP contribution in [0.4, 0.5) is 5.69 Å². The van der Waals surface area contributed by atoms with E-state index in [2.05, 4.69) is 45.8 Å². The maximum Gasteiger partial charge on any atom is 0.0950 e. The second-order valence-electron chi connectivity index (χ2n) is 5.46. The van der Waals surface area contributed by atoms with Crippen molar-refractivity contribution in [2.45, 2.75) is 18.5 Å². The highest BCUT2D eigenvalue weighted by atomic mass is 15.1. The van der Waals surface area contributed by atoms with E-state index in [0.29, 0.717) is 0 Å². The summed E-state index contributed by atoms with van der Waals surface area (Å²) in [4.78, 5) is 0. The van der Waals surface area contributed by atoms with Gasteiger partial charge in [-0.25, -0.2) is 0 Å². The molecule has 1 aliphatic rings. The van der Waals surface area contributed by atoms with E-state index in [1.807, 2.05) is 18.2 Å². The van der Waals surface area contributed by atoms with Crippen LogP contribution < -0.4 is 11.1 Å². The lowest BCUT2D eigenvalue weighted by Crippen LogP contribution is -2.30. The molecule has 3 N–H and O–H groups in total. The Morgan fingerprint density at radius 3 is 2.81 bits per heavy atom. The molecule has 0 fully saturated rings. The number of fused-ring (bicyclic) bond motifs is 2. The van der Waals surface area contributed by atoms with E-state index in [9.17, 15) is 0 Å². The Balaban J connectivity index is 1.75. The van der Waals surface area contributed by atoms with Crippen molar-refractivity contribution in [3.05, 3.63) is 65.9 Å². The molecule has 0 amide bonds. The smallest absolute Gasteiger partial charge is 0.0950 e. The highest BCUT2D eigenvalue weighted by Crippen LogP contribution is 2.34. The Kier molecular flexibility index (Phi) is 2.82. The normalized spacial score (nSPS) is 20.4. The molecular weight excluding hydrogens is 260 g/mol. The summed E-state index contributed by atoms with van der Waals surface area (Å²) in [5.74, 6) is 0. The molecule has 2 aromatic carbocycles. The molecule has 4 rings (SSSR count). The fraction of sp³-hybridized carbons (Fsp3) is 0.176. The molecule has 21 heavy (non-hydrogen) atoms. The average Bonchev–Trinajstić information content (AvgIpc) is 2.84. The molecule has 1 aliphatic carbocycles. The summed E-state index contributed by atoms with van der Waals surface area (Å²) in [5.41, 5.74) is 10.8. The number of nitrogens with zero attached hydrogens (tertiary/aromatic N) is 2. The predicted molar refractivity (Wildman–Crippen MR) is 84.0 cm³/mol. The van der Waals surface area contributed by atoms with Crippen LogP contribution in [0.1, 0.15) is 17.2 Å². The molecule has 2 unspecified atom stereocenters. The Hall–Kier alpha value is -2.46. The number of aromatic nitrogens is 2. The van der Waals surface area contributed by atoms with Crippen molar-refractivity contribution in [2.75, 3.05) is 5.32 Å². The van der Waals surface area contributed by atoms with Gasteiger partial charge in [0, 0.05) is 11.4 Å². The number of hydrogen-bond donors (Lipinski definition) is 2. The Labute approximate surface area is 123 Å². The lowest BCUT2D eigenvalue weighted by Gasteiger charge is -2.20. The van der Waals surface area contributed by atoms with E-state index in [4.69, 9.17) is 5.73 Å². The van der Waals surface area contributed by atoms with E-state index < -0.39 is 0 Å². The van der Waals surface area contributed by atoms with Gasteiger partial charge in [0.2, 0.25) is 0 Å². The topological polar surface area (TPSA) is 63.8 Å². The maximum absolute atomic E-state index is 6.32. The van der Waals surface area contributed by atoms with Crippen LogP contribution in [0.5, 0.6) is 0 Å². The fourth-order valence-corrected chi connectivity index (χ4v) is 3.10. The molecule has 0 saturated carbocycles. The van der Waals surface area contributed by atoms with Crippen LogP contribution in [0.25, 0.3) is 10.9 Å². The second-order valence-corrected chi connectivity index (χ2v) is 5.46. The van der Waals surface area contributed by atoms with Crippen LogP contribution in [-0.2, 0) is 6.42 Å². The van der Waals surface area contributed by atoms with Crippen molar-refractivity contribution < 1.29 is 0 Å². The summed E-state index contributed by atoms with van der Waals surface area (Å²) >= 11 is 0. The molecule has 4 nitrogen and oxygen atoms in total. The van der Waals surface area contributed by atoms with Gasteiger partial charge < -0.3 is 11.1 Å². The average molecular weight is 276 g/mol. The van der Waals surface area contributed by atoms with Gasteiger partial charge in [0.15, 0.2) is 0 Å². The monoisotopic (exact) mass is 276 g/mol. The van der Waals surface area contributed by atoms with Crippen molar-refractivity contribution in [3.63, 3.8) is 0 Å². The van der Waals surface area contributed by atoms with Gasteiger partial charge in [0.1, 0.15) is 0 Å². The van der Waals surface area contributed by atoms with Crippen LogP contribution in [0.15, 0.2) is 54.7 Å². The second kappa shape index (κ2) is 4.82. The summed E-state index contributed by atoms with van der Waals surface area (Å²) in [6.45, 7) is 0. The van der Waals surface area contributed by atoms with E-state index in [0.717, 1.165) is 23.0 Å². The minimum atomic E-state index is 0.0781. The van der Waals surface area contributed by atoms with Crippen molar-refractivity contribution >= 4 is 16.6 Å². The first-order valence-electron chi connectivity index (χ1n) is 7.13. The third-order valence-corrected chi connectivity index (χ3v) is 4.13. The molecule has 1 heterocycles. The number of rotatable bonds is 2. The Morgan fingerprint density at radius 1 is 1.05 bits per heavy atom. The minimum absolute atomic E-state index is 0.0781. The van der Waals surface area contributed by atoms with Gasteiger partial charge in [-0.15, -0.1) is 0 Å². The summed E-state index contributed by atoms with van der Waals surface area (Å²) in [6, 6.07) is 16.6. The molecule has 0 saturated heterocycles. The van der Waals surface area contributed by atoms with Crippen molar-refractivity contribution in [3.8, 4) is 0 Å². The van der Waals surface area contributed by atoms with Crippen LogP contribution in [-0.4, -0.2) is 16.2 Å². The Bertz CT molecular complexity index is 794. The molecule has 0 radical (unpaired) electrons. The molecule has 0 spiro atoms. The van der Waals surface area contributed by atoms with Gasteiger partial charge in [0.25, 0.3) is 0 Å². The number of hydrogen-bond acceptors (Lipinski definition) is 4. The van der Waals surface area contributed by atoms with E-state index in [1.165, 1.54) is 11.1 Å². The number of benzene rings is 2. The molecule has 104 valence electrons. The van der Waals surface area contributed by atoms with Crippen LogP contribution in [0.2, 0.25) is 0 Å². The van der Waals surface area contributed by atoms with E-state index >= 15 is 0 Å². The predicted octanol–water partition coefficient (Wildman–Crippen LogP) is 2.67. The van der Waals surface area contributed by atoms with Gasteiger partial charge in [-0.3, -0.25) is 0 Å². The van der Waals surface area contributed by atoms with E-state index in [1.54, 1.807) is 6.20 Å². The molecule has 0 bridgehead atoms. The van der Waals surface area contributed by atoms with Gasteiger partial charge in [-0.2, -0.15) is 10.2 Å².